The number of aromatic nitrogens is 2. The topological polar surface area (TPSA) is 67.2 Å². The molecule has 0 aliphatic heterocycles. The molecule has 1 N–H and O–H groups in total. The number of nitrogens with one attached hydrogen (secondary N) is 1. The number of carbonyl (C=O) groups excluding carboxylic acids is 2. The predicted octanol–water partition coefficient (Wildman–Crippen LogP) is 5.45. The summed E-state index contributed by atoms with van der Waals surface area (Å²) in [6, 6.07) is 26.1. The first-order chi connectivity index (χ1) is 17.0. The van der Waals surface area contributed by atoms with Crippen LogP contribution in [0, 0.1) is 5.82 Å². The number of carbonyl (C=O) groups is 2. The van der Waals surface area contributed by atoms with Crippen LogP contribution in [0.15, 0.2) is 91.0 Å². The van der Waals surface area contributed by atoms with Crippen molar-refractivity contribution < 1.29 is 14.0 Å². The number of nitrogens with zero attached hydrogens (tertiary/aromatic N) is 3. The Bertz CT molecular complexity index is 1290. The lowest BCUT2D eigenvalue weighted by atomic mass is 10.1. The monoisotopic (exact) mass is 490 g/mol. The number of rotatable bonds is 8. The van der Waals surface area contributed by atoms with Crippen molar-refractivity contribution in [3.05, 3.63) is 102 Å². The van der Waals surface area contributed by atoms with Crippen LogP contribution in [0.3, 0.4) is 0 Å². The highest BCUT2D eigenvalue weighted by atomic mass is 35.5. The third-order valence-corrected chi connectivity index (χ3v) is 5.89. The van der Waals surface area contributed by atoms with Crippen LogP contribution in [-0.4, -0.2) is 39.6 Å². The molecule has 0 saturated heterocycles. The van der Waals surface area contributed by atoms with Crippen LogP contribution in [0.5, 0.6) is 0 Å². The third kappa shape index (κ3) is 5.75. The van der Waals surface area contributed by atoms with Gasteiger partial charge in [0, 0.05) is 18.2 Å². The maximum atomic E-state index is 13.5. The molecule has 0 bridgehead atoms. The molecule has 178 valence electrons. The molecule has 0 radical (unpaired) electrons. The maximum absolute atomic E-state index is 13.5. The summed E-state index contributed by atoms with van der Waals surface area (Å²) in [5.74, 6) is -0.733. The zero-order chi connectivity index (χ0) is 24.8. The fraction of sp³-hybridized carbons (Fsp3) is 0.148. The van der Waals surface area contributed by atoms with Crippen LogP contribution in [0.4, 0.5) is 10.2 Å². The summed E-state index contributed by atoms with van der Waals surface area (Å²) in [7, 11) is 0. The van der Waals surface area contributed by atoms with Gasteiger partial charge < -0.3 is 10.2 Å². The van der Waals surface area contributed by atoms with E-state index in [0.717, 1.165) is 5.56 Å². The minimum absolute atomic E-state index is 0.180. The highest BCUT2D eigenvalue weighted by Crippen LogP contribution is 2.26. The number of hydrogen-bond acceptors (Lipinski definition) is 3. The standard InChI is InChI=1S/C27H24ClFN4O2/c1-2-32(27(35)26(28)20-11-7-4-8-12-20)18-25(34)30-24-17-23(19-9-5-3-6-10-19)31-33(24)22-15-13-21(29)14-16-22/h3-17,26H,2,18H2,1H3,(H,30,34). The fourth-order valence-electron chi connectivity index (χ4n) is 3.63. The van der Waals surface area contributed by atoms with Gasteiger partial charge >= 0.3 is 0 Å². The van der Waals surface area contributed by atoms with Crippen molar-refractivity contribution in [2.45, 2.75) is 12.3 Å². The first-order valence-corrected chi connectivity index (χ1v) is 11.6. The average Bonchev–Trinajstić information content (AvgIpc) is 3.31. The van der Waals surface area contributed by atoms with Gasteiger partial charge in [0.15, 0.2) is 0 Å². The molecule has 0 spiro atoms. The Morgan fingerprint density at radius 1 is 1.00 bits per heavy atom. The molecule has 8 heteroatoms. The van der Waals surface area contributed by atoms with E-state index >= 15 is 0 Å². The lowest BCUT2D eigenvalue weighted by Gasteiger charge is -2.23. The largest absolute Gasteiger partial charge is 0.332 e. The molecule has 4 aromatic rings. The van der Waals surface area contributed by atoms with E-state index in [4.69, 9.17) is 11.6 Å². The van der Waals surface area contributed by atoms with E-state index in [9.17, 15) is 14.0 Å². The van der Waals surface area contributed by atoms with Crippen LogP contribution in [0.2, 0.25) is 0 Å². The lowest BCUT2D eigenvalue weighted by Crippen LogP contribution is -2.39. The van der Waals surface area contributed by atoms with Crippen molar-refractivity contribution in [1.29, 1.82) is 0 Å². The van der Waals surface area contributed by atoms with Crippen molar-refractivity contribution in [3.8, 4) is 16.9 Å². The van der Waals surface area contributed by atoms with Gasteiger partial charge in [-0.3, -0.25) is 9.59 Å². The van der Waals surface area contributed by atoms with Crippen LogP contribution in [0.1, 0.15) is 17.9 Å². The third-order valence-electron chi connectivity index (χ3n) is 5.45. The molecule has 0 fully saturated rings. The van der Waals surface area contributed by atoms with E-state index in [0.29, 0.717) is 29.3 Å². The van der Waals surface area contributed by atoms with Gasteiger partial charge in [-0.25, -0.2) is 9.07 Å². The number of amides is 2. The number of benzene rings is 3. The molecular formula is C27H24ClFN4O2. The van der Waals surface area contributed by atoms with Crippen molar-refractivity contribution in [2.24, 2.45) is 0 Å². The molecule has 1 unspecified atom stereocenters. The Morgan fingerprint density at radius 2 is 1.63 bits per heavy atom. The van der Waals surface area contributed by atoms with Crippen molar-refractivity contribution in [1.82, 2.24) is 14.7 Å². The number of halogens is 2. The molecule has 0 saturated carbocycles. The van der Waals surface area contributed by atoms with E-state index < -0.39 is 11.3 Å². The zero-order valence-electron chi connectivity index (χ0n) is 19.1. The SMILES string of the molecule is CCN(CC(=O)Nc1cc(-c2ccccc2)nn1-c1ccc(F)cc1)C(=O)C(Cl)c1ccccc1. The fourth-order valence-corrected chi connectivity index (χ4v) is 3.91. The highest BCUT2D eigenvalue weighted by molar-refractivity contribution is 6.30. The first-order valence-electron chi connectivity index (χ1n) is 11.2. The van der Waals surface area contributed by atoms with Crippen molar-refractivity contribution in [3.63, 3.8) is 0 Å². The Labute approximate surface area is 208 Å². The predicted molar refractivity (Wildman–Crippen MR) is 135 cm³/mol. The van der Waals surface area contributed by atoms with Crippen LogP contribution in [0.25, 0.3) is 16.9 Å². The Kier molecular flexibility index (Phi) is 7.57. The summed E-state index contributed by atoms with van der Waals surface area (Å²) in [5, 5.41) is 6.57. The highest BCUT2D eigenvalue weighted by Gasteiger charge is 2.25. The zero-order valence-corrected chi connectivity index (χ0v) is 19.8. The number of anilines is 1. The van der Waals surface area contributed by atoms with Crippen molar-refractivity contribution >= 4 is 29.2 Å². The molecular weight excluding hydrogens is 467 g/mol. The second kappa shape index (κ2) is 11.0. The molecule has 2 amide bonds. The van der Waals surface area contributed by atoms with Gasteiger partial charge in [-0.05, 0) is 36.8 Å². The number of hydrogen-bond donors (Lipinski definition) is 1. The summed E-state index contributed by atoms with van der Waals surface area (Å²) in [5.41, 5.74) is 2.75. The summed E-state index contributed by atoms with van der Waals surface area (Å²) < 4.78 is 15.0. The normalized spacial score (nSPS) is 11.6. The Morgan fingerprint density at radius 3 is 2.26 bits per heavy atom. The summed E-state index contributed by atoms with van der Waals surface area (Å²) in [6.45, 7) is 1.92. The Hall–Kier alpha value is -3.97. The van der Waals surface area contributed by atoms with Crippen LogP contribution < -0.4 is 5.32 Å². The van der Waals surface area contributed by atoms with Crippen LogP contribution >= 0.6 is 11.6 Å². The summed E-state index contributed by atoms with van der Waals surface area (Å²) in [6.07, 6.45) is 0. The van der Waals surface area contributed by atoms with Gasteiger partial charge in [-0.1, -0.05) is 60.7 Å². The molecule has 1 aromatic heterocycles. The van der Waals surface area contributed by atoms with E-state index in [2.05, 4.69) is 10.4 Å². The molecule has 0 aliphatic carbocycles. The maximum Gasteiger partial charge on any atom is 0.245 e. The molecule has 3 aromatic carbocycles. The molecule has 4 rings (SSSR count). The molecule has 1 heterocycles. The van der Waals surface area contributed by atoms with Crippen molar-refractivity contribution in [2.75, 3.05) is 18.4 Å². The minimum atomic E-state index is -0.890. The van der Waals surface area contributed by atoms with E-state index in [-0.39, 0.29) is 18.3 Å². The molecule has 35 heavy (non-hydrogen) atoms. The molecule has 1 atom stereocenters. The number of alkyl halides is 1. The van der Waals surface area contributed by atoms with Gasteiger partial charge in [0.25, 0.3) is 0 Å². The quantitative estimate of drug-likeness (QED) is 0.334. The average molecular weight is 491 g/mol. The second-order valence-corrected chi connectivity index (χ2v) is 8.28. The van der Waals surface area contributed by atoms with Gasteiger partial charge in [0.1, 0.15) is 17.0 Å². The minimum Gasteiger partial charge on any atom is -0.332 e. The Balaban J connectivity index is 1.56. The smallest absolute Gasteiger partial charge is 0.245 e. The summed E-state index contributed by atoms with van der Waals surface area (Å²) >= 11 is 6.40. The summed E-state index contributed by atoms with van der Waals surface area (Å²) in [4.78, 5) is 27.3. The van der Waals surface area contributed by atoms with Crippen LogP contribution in [-0.2, 0) is 9.59 Å². The molecule has 0 aliphatic rings. The molecule has 6 nitrogen and oxygen atoms in total. The van der Waals surface area contributed by atoms with Gasteiger partial charge in [0.2, 0.25) is 11.8 Å². The van der Waals surface area contributed by atoms with E-state index in [1.54, 1.807) is 37.3 Å². The van der Waals surface area contributed by atoms with E-state index in [1.807, 2.05) is 48.5 Å². The van der Waals surface area contributed by atoms with E-state index in [1.165, 1.54) is 21.7 Å². The van der Waals surface area contributed by atoms with Gasteiger partial charge in [-0.15, -0.1) is 11.6 Å². The lowest BCUT2D eigenvalue weighted by molar-refractivity contribution is -0.134. The first kappa shape index (κ1) is 24.2. The number of likely N-dealkylation sites (N-methyl/N-ethyl adjacent to an activating group) is 1. The van der Waals surface area contributed by atoms with Gasteiger partial charge in [0.05, 0.1) is 17.9 Å². The second-order valence-electron chi connectivity index (χ2n) is 7.84. The van der Waals surface area contributed by atoms with Gasteiger partial charge in [-0.2, -0.15) is 5.10 Å².